The van der Waals surface area contributed by atoms with E-state index < -0.39 is 41.1 Å². The Bertz CT molecular complexity index is 498. The van der Waals surface area contributed by atoms with Crippen LogP contribution in [-0.2, 0) is 9.59 Å². The summed E-state index contributed by atoms with van der Waals surface area (Å²) in [5.41, 5.74) is 17.5. The molecule has 0 aromatic carbocycles. The summed E-state index contributed by atoms with van der Waals surface area (Å²) in [5.74, 6) is -2.71. The predicted octanol–water partition coefficient (Wildman–Crippen LogP) is -1.84. The molecule has 0 saturated heterocycles. The highest BCUT2D eigenvalue weighted by molar-refractivity contribution is 5.97. The van der Waals surface area contributed by atoms with E-state index in [-0.39, 0.29) is 12.1 Å². The van der Waals surface area contributed by atoms with Gasteiger partial charge in [0.05, 0.1) is 5.41 Å². The van der Waals surface area contributed by atoms with E-state index in [4.69, 9.17) is 17.0 Å². The van der Waals surface area contributed by atoms with Gasteiger partial charge in [0.2, 0.25) is 11.6 Å². The lowest BCUT2D eigenvalue weighted by Crippen LogP contribution is -2.49. The molecule has 6 N–H and O–H groups in total. The summed E-state index contributed by atoms with van der Waals surface area (Å²) in [6.45, 7) is 4.55. The van der Waals surface area contributed by atoms with Crippen LogP contribution in [0.5, 0.6) is 0 Å². The normalized spacial score (nSPS) is 28.6. The second-order valence-corrected chi connectivity index (χ2v) is 5.70. The highest BCUT2D eigenvalue weighted by Gasteiger charge is 2.43. The number of rotatable bonds is 3. The number of aliphatic hydroxyl groups excluding tert-OH is 1. The zero-order valence-corrected chi connectivity index (χ0v) is 11.7. The van der Waals surface area contributed by atoms with E-state index in [1.807, 2.05) is 0 Å². The average molecular weight is 284 g/mol. The average Bonchev–Trinajstić information content (AvgIpc) is 2.42. The predicted molar refractivity (Wildman–Crippen MR) is 66.0 cm³/mol. The first-order valence-corrected chi connectivity index (χ1v) is 6.19. The summed E-state index contributed by atoms with van der Waals surface area (Å²) in [6, 6.07) is -1.81. The number of nitrogens with two attached hydrogens (primary N) is 2. The van der Waals surface area contributed by atoms with Gasteiger partial charge in [-0.15, -0.1) is 0 Å². The van der Waals surface area contributed by atoms with Crippen LogP contribution in [0.25, 0.3) is 0 Å². The fourth-order valence-corrected chi connectivity index (χ4v) is 1.91. The molecule has 3 atom stereocenters. The Morgan fingerprint density at radius 3 is 2.50 bits per heavy atom. The van der Waals surface area contributed by atoms with Crippen LogP contribution < -0.4 is 16.6 Å². The number of hydrogen-bond donors (Lipinski definition) is 4. The Balaban J connectivity index is 3.30. The van der Waals surface area contributed by atoms with Crippen molar-refractivity contribution in [3.05, 3.63) is 11.5 Å². The third-order valence-electron chi connectivity index (χ3n) is 3.65. The number of aliphatic hydroxyl groups is 1. The zero-order chi connectivity index (χ0) is 15.8. The summed E-state index contributed by atoms with van der Waals surface area (Å²) in [4.78, 5) is 23.1. The zero-order valence-electron chi connectivity index (χ0n) is 11.7. The maximum absolute atomic E-state index is 12.0. The number of allylic oxidation sites excluding steroid dienone is 1. The van der Waals surface area contributed by atoms with Gasteiger partial charge in [0.1, 0.15) is 12.1 Å². The lowest BCUT2D eigenvalue weighted by molar-refractivity contribution is -0.611. The molecule has 0 aromatic rings. The minimum absolute atomic E-state index is 0.166. The van der Waals surface area contributed by atoms with Crippen LogP contribution in [0.2, 0.25) is 0 Å². The number of ketones is 1. The van der Waals surface area contributed by atoms with Gasteiger partial charge in [0, 0.05) is 19.1 Å². The van der Waals surface area contributed by atoms with E-state index in [0.29, 0.717) is 0 Å². The summed E-state index contributed by atoms with van der Waals surface area (Å²) in [7, 11) is 0. The van der Waals surface area contributed by atoms with Crippen molar-refractivity contribution in [1.82, 2.24) is 0 Å². The van der Waals surface area contributed by atoms with Crippen molar-refractivity contribution >= 4 is 11.7 Å². The SMILES string of the molecule is CC1C(N)C(O)C(=O)C([O-])=C(CC(C)(C)C(N)=O)[N+]1=N. The molecule has 1 heterocycles. The molecule has 0 aliphatic carbocycles. The van der Waals surface area contributed by atoms with Crippen molar-refractivity contribution in [2.45, 2.75) is 45.4 Å². The van der Waals surface area contributed by atoms with E-state index in [1.54, 1.807) is 0 Å². The fourth-order valence-electron chi connectivity index (χ4n) is 1.91. The van der Waals surface area contributed by atoms with Crippen molar-refractivity contribution in [2.24, 2.45) is 16.9 Å². The van der Waals surface area contributed by atoms with Gasteiger partial charge < -0.3 is 21.7 Å². The molecule has 0 spiro atoms. The number of primary amides is 1. The molecule has 0 fully saturated rings. The summed E-state index contributed by atoms with van der Waals surface area (Å²) in [5, 5.41) is 21.7. The molecule has 1 aliphatic rings. The first-order chi connectivity index (χ1) is 9.00. The highest BCUT2D eigenvalue weighted by atomic mass is 16.3. The van der Waals surface area contributed by atoms with E-state index in [1.165, 1.54) is 20.8 Å². The van der Waals surface area contributed by atoms with Crippen molar-refractivity contribution in [3.63, 3.8) is 0 Å². The maximum atomic E-state index is 12.0. The van der Waals surface area contributed by atoms with Gasteiger partial charge in [-0.3, -0.25) is 9.59 Å². The Morgan fingerprint density at radius 1 is 1.55 bits per heavy atom. The van der Waals surface area contributed by atoms with Gasteiger partial charge in [-0.05, 0) is 0 Å². The first-order valence-electron chi connectivity index (χ1n) is 6.19. The molecule has 1 aliphatic heterocycles. The lowest BCUT2D eigenvalue weighted by Gasteiger charge is -2.22. The summed E-state index contributed by atoms with van der Waals surface area (Å²) in [6.07, 6.45) is -1.82. The Labute approximate surface area is 116 Å². The van der Waals surface area contributed by atoms with Crippen LogP contribution in [-0.4, -0.2) is 39.7 Å². The number of hydrogen-bond acceptors (Lipinski definition) is 6. The molecule has 112 valence electrons. The van der Waals surface area contributed by atoms with Gasteiger partial charge in [0.15, 0.2) is 11.8 Å². The smallest absolute Gasteiger partial charge is 0.223 e. The molecule has 0 saturated carbocycles. The maximum Gasteiger partial charge on any atom is 0.223 e. The first kappa shape index (κ1) is 16.3. The number of Topliss-reactive ketones (excluding diaryl/α,β-unsaturated/α-hetero) is 1. The number of carbonyl (C=O) groups is 2. The molecule has 0 radical (unpaired) electrons. The largest absolute Gasteiger partial charge is 0.866 e. The Hall–Kier alpha value is -1.80. The van der Waals surface area contributed by atoms with Crippen LogP contribution in [0.4, 0.5) is 0 Å². The summed E-state index contributed by atoms with van der Waals surface area (Å²) < 4.78 is 0.797. The quantitative estimate of drug-likeness (QED) is 0.448. The van der Waals surface area contributed by atoms with Crippen molar-refractivity contribution in [3.8, 4) is 0 Å². The second-order valence-electron chi connectivity index (χ2n) is 5.70. The Morgan fingerprint density at radius 2 is 2.05 bits per heavy atom. The van der Waals surface area contributed by atoms with E-state index >= 15 is 0 Å². The number of carbonyl (C=O) groups excluding carboxylic acids is 2. The fraction of sp³-hybridized carbons (Fsp3) is 0.667. The van der Waals surface area contributed by atoms with Crippen LogP contribution in [0, 0.1) is 10.9 Å². The molecule has 0 aromatic heterocycles. The van der Waals surface area contributed by atoms with Crippen LogP contribution in [0.1, 0.15) is 27.2 Å². The molecule has 1 amide bonds. The molecule has 8 nitrogen and oxygen atoms in total. The molecule has 8 heteroatoms. The van der Waals surface area contributed by atoms with E-state index in [9.17, 15) is 19.8 Å². The molecule has 1 rings (SSSR count). The molecule has 0 bridgehead atoms. The number of nitrogens with zero attached hydrogens (tertiary/aromatic N) is 1. The monoisotopic (exact) mass is 284 g/mol. The van der Waals surface area contributed by atoms with Gasteiger partial charge in [-0.25, -0.2) is 0 Å². The summed E-state index contributed by atoms with van der Waals surface area (Å²) >= 11 is 0. The lowest BCUT2D eigenvalue weighted by atomic mass is 9.86. The third kappa shape index (κ3) is 2.70. The van der Waals surface area contributed by atoms with Crippen molar-refractivity contribution in [1.29, 1.82) is 5.53 Å². The van der Waals surface area contributed by atoms with E-state index in [0.717, 1.165) is 4.70 Å². The minimum atomic E-state index is -1.65. The Kier molecular flexibility index (Phi) is 4.30. The van der Waals surface area contributed by atoms with Gasteiger partial charge in [0.25, 0.3) is 0 Å². The van der Waals surface area contributed by atoms with Gasteiger partial charge in [-0.2, -0.15) is 0 Å². The van der Waals surface area contributed by atoms with Crippen LogP contribution >= 0.6 is 0 Å². The van der Waals surface area contributed by atoms with Crippen molar-refractivity contribution < 1.29 is 24.5 Å². The highest BCUT2D eigenvalue weighted by Crippen LogP contribution is 2.29. The molecule has 20 heavy (non-hydrogen) atoms. The van der Waals surface area contributed by atoms with Gasteiger partial charge in [-0.1, -0.05) is 24.1 Å². The molecular formula is C12H20N4O4. The topological polar surface area (TPSA) is 156 Å². The van der Waals surface area contributed by atoms with E-state index in [2.05, 4.69) is 0 Å². The second kappa shape index (κ2) is 5.29. The van der Waals surface area contributed by atoms with Crippen LogP contribution in [0.3, 0.4) is 0 Å². The minimum Gasteiger partial charge on any atom is -0.866 e. The number of nitrogens with one attached hydrogen (secondary N) is 1. The van der Waals surface area contributed by atoms with Crippen LogP contribution in [0.15, 0.2) is 11.5 Å². The standard InChI is InChI=1S/C12H20N4O4/c1-5-7(13)9(18)10(19)8(17)6(16(5)15)4-12(2,3)11(14)20/h5,7,9,18H,4,13H2,1-3H3,(H3-,14,15,17,20). The molecule has 3 unspecified atom stereocenters. The third-order valence-corrected chi connectivity index (χ3v) is 3.65. The molecular weight excluding hydrogens is 264 g/mol. The van der Waals surface area contributed by atoms with Gasteiger partial charge >= 0.3 is 0 Å². The van der Waals surface area contributed by atoms with Crippen molar-refractivity contribution in [2.75, 3.05) is 0 Å². The number of amides is 1.